The molecule has 0 spiro atoms. The minimum absolute atomic E-state index is 0.0749. The molecule has 0 aliphatic carbocycles. The van der Waals surface area contributed by atoms with Gasteiger partial charge >= 0.3 is 0 Å². The van der Waals surface area contributed by atoms with Crippen LogP contribution in [-0.4, -0.2) is 49.7 Å². The van der Waals surface area contributed by atoms with Gasteiger partial charge in [0.2, 0.25) is 15.9 Å². The average molecular weight is 442 g/mol. The maximum atomic E-state index is 12.9. The van der Waals surface area contributed by atoms with Crippen LogP contribution in [-0.2, 0) is 27.9 Å². The zero-order valence-electron chi connectivity index (χ0n) is 17.9. The number of carbonyl (C=O) groups is 1. The lowest BCUT2D eigenvalue weighted by Crippen LogP contribution is -2.45. The third-order valence-corrected chi connectivity index (χ3v) is 8.11. The molecule has 2 heterocycles. The van der Waals surface area contributed by atoms with Crippen molar-refractivity contribution in [1.82, 2.24) is 14.5 Å². The third-order valence-electron chi connectivity index (χ3n) is 6.23. The zero-order chi connectivity index (χ0) is 21.7. The summed E-state index contributed by atoms with van der Waals surface area (Å²) >= 11 is 0. The van der Waals surface area contributed by atoms with E-state index in [9.17, 15) is 13.2 Å². The molecule has 2 aromatic rings. The van der Waals surface area contributed by atoms with Gasteiger partial charge in [0.15, 0.2) is 0 Å². The summed E-state index contributed by atoms with van der Waals surface area (Å²) in [6.45, 7) is 4.49. The van der Waals surface area contributed by atoms with E-state index in [1.165, 1.54) is 35.8 Å². The van der Waals surface area contributed by atoms with Crippen LogP contribution in [0.2, 0.25) is 0 Å². The summed E-state index contributed by atoms with van der Waals surface area (Å²) in [5.74, 6) is -0.393. The minimum Gasteiger partial charge on any atom is -0.352 e. The topological polar surface area (TPSA) is 69.7 Å². The molecule has 7 heteroatoms. The smallest absolute Gasteiger partial charge is 0.243 e. The van der Waals surface area contributed by atoms with Crippen molar-refractivity contribution in [3.05, 3.63) is 65.7 Å². The van der Waals surface area contributed by atoms with E-state index in [1.807, 2.05) is 0 Å². The number of sulfonamides is 1. The van der Waals surface area contributed by atoms with Crippen molar-refractivity contribution < 1.29 is 13.2 Å². The molecular weight excluding hydrogens is 410 g/mol. The summed E-state index contributed by atoms with van der Waals surface area (Å²) in [5.41, 5.74) is 2.36. The van der Waals surface area contributed by atoms with Crippen LogP contribution >= 0.6 is 0 Å². The number of nitrogens with zero attached hydrogens (tertiary/aromatic N) is 2. The molecule has 0 aromatic heterocycles. The van der Waals surface area contributed by atoms with Gasteiger partial charge in [0.1, 0.15) is 0 Å². The molecular formula is C24H31N3O3S. The van der Waals surface area contributed by atoms with Crippen LogP contribution in [0, 0.1) is 5.92 Å². The second kappa shape index (κ2) is 9.94. The quantitative estimate of drug-likeness (QED) is 0.717. The van der Waals surface area contributed by atoms with Crippen LogP contribution in [0.1, 0.15) is 36.8 Å². The highest BCUT2D eigenvalue weighted by molar-refractivity contribution is 7.89. The summed E-state index contributed by atoms with van der Waals surface area (Å²) < 4.78 is 27.2. The van der Waals surface area contributed by atoms with E-state index in [1.54, 1.807) is 30.3 Å². The van der Waals surface area contributed by atoms with Crippen molar-refractivity contribution in [2.24, 2.45) is 5.92 Å². The average Bonchev–Trinajstić information content (AvgIpc) is 3.32. The molecule has 2 saturated heterocycles. The molecule has 1 amide bonds. The van der Waals surface area contributed by atoms with Crippen molar-refractivity contribution >= 4 is 15.9 Å². The second-order valence-corrected chi connectivity index (χ2v) is 10.5. The van der Waals surface area contributed by atoms with Crippen molar-refractivity contribution in [3.8, 4) is 0 Å². The third kappa shape index (κ3) is 5.53. The summed E-state index contributed by atoms with van der Waals surface area (Å²) in [6, 6.07) is 16.8. The number of rotatable bonds is 7. The molecule has 6 nitrogen and oxygen atoms in total. The van der Waals surface area contributed by atoms with E-state index in [4.69, 9.17) is 0 Å². The van der Waals surface area contributed by atoms with Crippen molar-refractivity contribution in [2.75, 3.05) is 26.2 Å². The van der Waals surface area contributed by atoms with Crippen molar-refractivity contribution in [3.63, 3.8) is 0 Å². The van der Waals surface area contributed by atoms with Crippen LogP contribution in [0.3, 0.4) is 0 Å². The lowest BCUT2D eigenvalue weighted by molar-refractivity contribution is -0.126. The Balaban J connectivity index is 1.30. The molecule has 2 aliphatic rings. The first-order valence-corrected chi connectivity index (χ1v) is 12.6. The maximum Gasteiger partial charge on any atom is 0.243 e. The first-order valence-electron chi connectivity index (χ1n) is 11.2. The molecule has 2 aromatic carbocycles. The maximum absolute atomic E-state index is 12.9. The molecule has 0 radical (unpaired) electrons. The fourth-order valence-corrected chi connectivity index (χ4v) is 5.96. The lowest BCUT2D eigenvalue weighted by Gasteiger charge is -2.31. The summed E-state index contributed by atoms with van der Waals surface area (Å²) in [5, 5.41) is 3.00. The van der Waals surface area contributed by atoms with Gasteiger partial charge in [0.05, 0.1) is 10.8 Å². The SMILES string of the molecule is O=C(NCc1ccc(CN2CCCC2)cc1)[C@@H]1CCCN(S(=O)(=O)c2ccccc2)C1. The molecule has 31 heavy (non-hydrogen) atoms. The standard InChI is InChI=1S/C24H31N3O3S/c28-24(25-17-20-10-12-21(13-11-20)18-26-14-4-5-15-26)22-7-6-16-27(19-22)31(29,30)23-8-2-1-3-9-23/h1-3,8-13,22H,4-7,14-19H2,(H,25,28)/t22-/m1/s1. The zero-order valence-corrected chi connectivity index (χ0v) is 18.7. The Kier molecular flexibility index (Phi) is 7.05. The van der Waals surface area contributed by atoms with Gasteiger partial charge in [-0.25, -0.2) is 8.42 Å². The largest absolute Gasteiger partial charge is 0.352 e. The number of benzene rings is 2. The minimum atomic E-state index is -3.56. The fraction of sp³-hybridized carbons (Fsp3) is 0.458. The molecule has 0 unspecified atom stereocenters. The molecule has 0 saturated carbocycles. The first-order chi connectivity index (χ1) is 15.0. The first kappa shape index (κ1) is 22.0. The van der Waals surface area contributed by atoms with E-state index in [-0.39, 0.29) is 23.3 Å². The summed E-state index contributed by atoms with van der Waals surface area (Å²) in [6.07, 6.45) is 3.97. The number of hydrogen-bond donors (Lipinski definition) is 1. The normalized spacial score (nSPS) is 20.6. The van der Waals surface area contributed by atoms with Gasteiger partial charge < -0.3 is 5.32 Å². The highest BCUT2D eigenvalue weighted by Gasteiger charge is 2.33. The van der Waals surface area contributed by atoms with Gasteiger partial charge in [0, 0.05) is 26.2 Å². The Morgan fingerprint density at radius 1 is 0.903 bits per heavy atom. The molecule has 2 fully saturated rings. The van der Waals surface area contributed by atoms with Crippen molar-refractivity contribution in [1.29, 1.82) is 0 Å². The van der Waals surface area contributed by atoms with Crippen LogP contribution in [0.25, 0.3) is 0 Å². The van der Waals surface area contributed by atoms with Gasteiger partial charge in [-0.1, -0.05) is 42.5 Å². The Bertz CT molecular complexity index is 971. The lowest BCUT2D eigenvalue weighted by atomic mass is 9.98. The fourth-order valence-electron chi connectivity index (χ4n) is 4.41. The Hall–Kier alpha value is -2.22. The van der Waals surface area contributed by atoms with Gasteiger partial charge in [0.25, 0.3) is 0 Å². The molecule has 166 valence electrons. The molecule has 4 rings (SSSR count). The predicted molar refractivity (Wildman–Crippen MR) is 121 cm³/mol. The molecule has 1 atom stereocenters. The van der Waals surface area contributed by atoms with E-state index in [0.717, 1.165) is 12.1 Å². The predicted octanol–water partition coefficient (Wildman–Crippen LogP) is 3.00. The number of hydrogen-bond acceptors (Lipinski definition) is 4. The highest BCUT2D eigenvalue weighted by Crippen LogP contribution is 2.24. The van der Waals surface area contributed by atoms with Gasteiger partial charge in [-0.15, -0.1) is 0 Å². The van der Waals surface area contributed by atoms with Crippen LogP contribution in [0.5, 0.6) is 0 Å². The Morgan fingerprint density at radius 3 is 2.29 bits per heavy atom. The number of carbonyl (C=O) groups excluding carboxylic acids is 1. The number of piperidine rings is 1. The Morgan fingerprint density at radius 2 is 1.58 bits per heavy atom. The van der Waals surface area contributed by atoms with Gasteiger partial charge in [-0.2, -0.15) is 4.31 Å². The van der Waals surface area contributed by atoms with Crippen molar-refractivity contribution in [2.45, 2.75) is 43.7 Å². The highest BCUT2D eigenvalue weighted by atomic mass is 32.2. The molecule has 1 N–H and O–H groups in total. The molecule has 2 aliphatic heterocycles. The van der Waals surface area contributed by atoms with Gasteiger partial charge in [-0.05, 0) is 62.0 Å². The number of amides is 1. The van der Waals surface area contributed by atoms with Crippen LogP contribution < -0.4 is 5.32 Å². The molecule has 0 bridgehead atoms. The van der Waals surface area contributed by atoms with E-state index in [0.29, 0.717) is 25.9 Å². The van der Waals surface area contributed by atoms with E-state index < -0.39 is 10.0 Å². The number of likely N-dealkylation sites (tertiary alicyclic amines) is 1. The van der Waals surface area contributed by atoms with Crippen LogP contribution in [0.4, 0.5) is 0 Å². The van der Waals surface area contributed by atoms with E-state index >= 15 is 0 Å². The van der Waals surface area contributed by atoms with Crippen LogP contribution in [0.15, 0.2) is 59.5 Å². The monoisotopic (exact) mass is 441 g/mol. The summed E-state index contributed by atoms with van der Waals surface area (Å²) in [7, 11) is -3.56. The summed E-state index contributed by atoms with van der Waals surface area (Å²) in [4.78, 5) is 15.5. The number of nitrogens with one attached hydrogen (secondary N) is 1. The second-order valence-electron chi connectivity index (χ2n) is 8.53. The Labute approximate surface area is 185 Å². The van der Waals surface area contributed by atoms with Gasteiger partial charge in [-0.3, -0.25) is 9.69 Å². The van der Waals surface area contributed by atoms with E-state index in [2.05, 4.69) is 34.5 Å².